The number of amides is 2. The summed E-state index contributed by atoms with van der Waals surface area (Å²) in [5.41, 5.74) is 0.469. The van der Waals surface area contributed by atoms with E-state index >= 15 is 0 Å². The molecule has 1 saturated heterocycles. The first-order valence-corrected chi connectivity index (χ1v) is 8.05. The standard InChI is InChI=1S/C18H21NO5/c1-3-24-15(21)11-7-10-14-16(19(12(2)20)18(14)23)17(22)13-8-5-4-6-9-13/h4-6,8-9,14,16H,3,7,10-11H2,1-2H3/t14-,16-/m0/s1. The number of ketones is 1. The van der Waals surface area contributed by atoms with Gasteiger partial charge in [-0.15, -0.1) is 0 Å². The maximum absolute atomic E-state index is 12.7. The van der Waals surface area contributed by atoms with Gasteiger partial charge in [0.1, 0.15) is 6.04 Å². The summed E-state index contributed by atoms with van der Waals surface area (Å²) in [6.45, 7) is 3.32. The summed E-state index contributed by atoms with van der Waals surface area (Å²) in [5.74, 6) is -1.90. The van der Waals surface area contributed by atoms with Gasteiger partial charge in [0.05, 0.1) is 12.5 Å². The summed E-state index contributed by atoms with van der Waals surface area (Å²) in [7, 11) is 0. The van der Waals surface area contributed by atoms with Gasteiger partial charge in [0, 0.05) is 18.9 Å². The molecule has 0 radical (unpaired) electrons. The summed E-state index contributed by atoms with van der Waals surface area (Å²) < 4.78 is 4.85. The van der Waals surface area contributed by atoms with Crippen molar-refractivity contribution in [2.45, 2.75) is 39.2 Å². The summed E-state index contributed by atoms with van der Waals surface area (Å²) in [4.78, 5) is 48.9. The number of benzene rings is 1. The maximum atomic E-state index is 12.7. The normalized spacial score (nSPS) is 19.6. The molecule has 0 aliphatic carbocycles. The van der Waals surface area contributed by atoms with Gasteiger partial charge in [0.15, 0.2) is 5.78 Å². The zero-order valence-electron chi connectivity index (χ0n) is 13.9. The fourth-order valence-corrected chi connectivity index (χ4v) is 2.95. The van der Waals surface area contributed by atoms with E-state index in [9.17, 15) is 19.2 Å². The van der Waals surface area contributed by atoms with Crippen molar-refractivity contribution >= 4 is 23.6 Å². The molecule has 128 valence electrons. The van der Waals surface area contributed by atoms with Crippen molar-refractivity contribution in [3.8, 4) is 0 Å². The van der Waals surface area contributed by atoms with Crippen LogP contribution in [0.3, 0.4) is 0 Å². The second-order valence-electron chi connectivity index (χ2n) is 5.71. The number of ether oxygens (including phenoxy) is 1. The lowest BCUT2D eigenvalue weighted by atomic mass is 9.79. The number of hydrogen-bond donors (Lipinski definition) is 0. The number of nitrogens with zero attached hydrogens (tertiary/aromatic N) is 1. The van der Waals surface area contributed by atoms with Crippen molar-refractivity contribution in [2.24, 2.45) is 5.92 Å². The van der Waals surface area contributed by atoms with E-state index < -0.39 is 17.9 Å². The highest BCUT2D eigenvalue weighted by Gasteiger charge is 2.52. The van der Waals surface area contributed by atoms with Crippen molar-refractivity contribution in [1.82, 2.24) is 4.90 Å². The van der Waals surface area contributed by atoms with Crippen molar-refractivity contribution in [1.29, 1.82) is 0 Å². The minimum Gasteiger partial charge on any atom is -0.466 e. The first kappa shape index (κ1) is 17.8. The maximum Gasteiger partial charge on any atom is 0.305 e. The van der Waals surface area contributed by atoms with E-state index in [-0.39, 0.29) is 24.1 Å². The summed E-state index contributed by atoms with van der Waals surface area (Å²) >= 11 is 0. The zero-order valence-corrected chi connectivity index (χ0v) is 13.9. The lowest BCUT2D eigenvalue weighted by Gasteiger charge is -2.44. The molecule has 0 N–H and O–H groups in total. The predicted octanol–water partition coefficient (Wildman–Crippen LogP) is 1.98. The Hall–Kier alpha value is -2.50. The second-order valence-corrected chi connectivity index (χ2v) is 5.71. The molecule has 0 unspecified atom stereocenters. The molecule has 24 heavy (non-hydrogen) atoms. The van der Waals surface area contributed by atoms with Crippen molar-refractivity contribution in [2.75, 3.05) is 6.61 Å². The summed E-state index contributed by atoms with van der Waals surface area (Å²) in [6.07, 6.45) is 1.02. The van der Waals surface area contributed by atoms with Gasteiger partial charge < -0.3 is 4.74 Å². The third-order valence-electron chi connectivity index (χ3n) is 4.08. The lowest BCUT2D eigenvalue weighted by Crippen LogP contribution is -2.65. The van der Waals surface area contributed by atoms with E-state index in [1.807, 2.05) is 0 Å². The summed E-state index contributed by atoms with van der Waals surface area (Å²) in [6, 6.07) is 7.82. The smallest absolute Gasteiger partial charge is 0.305 e. The molecule has 0 saturated carbocycles. The molecule has 6 heteroatoms. The third kappa shape index (κ3) is 3.69. The van der Waals surface area contributed by atoms with E-state index in [1.54, 1.807) is 37.3 Å². The number of likely N-dealkylation sites (tertiary alicyclic amines) is 1. The molecule has 0 bridgehead atoms. The van der Waals surface area contributed by atoms with Crippen LogP contribution in [0, 0.1) is 5.92 Å². The molecule has 1 aromatic carbocycles. The van der Waals surface area contributed by atoms with Crippen LogP contribution < -0.4 is 0 Å². The minimum atomic E-state index is -0.778. The number of carbonyl (C=O) groups excluding carboxylic acids is 4. The van der Waals surface area contributed by atoms with Crippen molar-refractivity contribution in [3.63, 3.8) is 0 Å². The van der Waals surface area contributed by atoms with Crippen LogP contribution in [-0.4, -0.2) is 41.1 Å². The molecule has 1 aliphatic rings. The van der Waals surface area contributed by atoms with Crippen LogP contribution in [0.25, 0.3) is 0 Å². The highest BCUT2D eigenvalue weighted by molar-refractivity contribution is 6.13. The molecule has 2 atom stereocenters. The quantitative estimate of drug-likeness (QED) is 0.433. The van der Waals surface area contributed by atoms with Gasteiger partial charge in [-0.3, -0.25) is 24.1 Å². The number of hydrogen-bond acceptors (Lipinski definition) is 5. The molecule has 1 heterocycles. The largest absolute Gasteiger partial charge is 0.466 e. The van der Waals surface area contributed by atoms with E-state index in [1.165, 1.54) is 6.92 Å². The van der Waals surface area contributed by atoms with Crippen LogP contribution in [0.4, 0.5) is 0 Å². The van der Waals surface area contributed by atoms with E-state index in [2.05, 4.69) is 0 Å². The van der Waals surface area contributed by atoms with E-state index in [0.717, 1.165) is 4.90 Å². The average Bonchev–Trinajstić information content (AvgIpc) is 2.56. The van der Waals surface area contributed by atoms with Crippen LogP contribution in [0.2, 0.25) is 0 Å². The summed E-state index contributed by atoms with van der Waals surface area (Å²) in [5, 5.41) is 0. The Kier molecular flexibility index (Phi) is 5.84. The minimum absolute atomic E-state index is 0.198. The predicted molar refractivity (Wildman–Crippen MR) is 86.1 cm³/mol. The van der Waals surface area contributed by atoms with Gasteiger partial charge in [-0.05, 0) is 19.8 Å². The zero-order chi connectivity index (χ0) is 17.7. The van der Waals surface area contributed by atoms with Crippen LogP contribution in [0.15, 0.2) is 30.3 Å². The molecule has 2 amide bonds. The van der Waals surface area contributed by atoms with Crippen molar-refractivity contribution < 1.29 is 23.9 Å². The first-order valence-electron chi connectivity index (χ1n) is 8.05. The molecule has 2 rings (SSSR count). The Morgan fingerprint density at radius 1 is 1.17 bits per heavy atom. The van der Waals surface area contributed by atoms with E-state index in [4.69, 9.17) is 4.74 Å². The topological polar surface area (TPSA) is 80.8 Å². The van der Waals surface area contributed by atoms with Crippen LogP contribution in [-0.2, 0) is 19.1 Å². The number of carbonyl (C=O) groups is 4. The number of esters is 1. The average molecular weight is 331 g/mol. The third-order valence-corrected chi connectivity index (χ3v) is 4.08. The van der Waals surface area contributed by atoms with Crippen LogP contribution in [0.5, 0.6) is 0 Å². The fourth-order valence-electron chi connectivity index (χ4n) is 2.95. The van der Waals surface area contributed by atoms with Gasteiger partial charge in [-0.2, -0.15) is 0 Å². The Balaban J connectivity index is 2.06. The number of rotatable bonds is 7. The number of imide groups is 1. The van der Waals surface area contributed by atoms with Gasteiger partial charge in [0.25, 0.3) is 0 Å². The van der Waals surface area contributed by atoms with Gasteiger partial charge in [0.2, 0.25) is 11.8 Å². The fraction of sp³-hybridized carbons (Fsp3) is 0.444. The van der Waals surface area contributed by atoms with Gasteiger partial charge in [-0.1, -0.05) is 30.3 Å². The highest BCUT2D eigenvalue weighted by Crippen LogP contribution is 2.33. The number of β-lactam (4-membered cyclic amide) rings is 1. The van der Waals surface area contributed by atoms with Crippen molar-refractivity contribution in [3.05, 3.63) is 35.9 Å². The molecular weight excluding hydrogens is 310 g/mol. The monoisotopic (exact) mass is 331 g/mol. The Morgan fingerprint density at radius 3 is 2.42 bits per heavy atom. The molecule has 0 aromatic heterocycles. The Labute approximate surface area is 140 Å². The van der Waals surface area contributed by atoms with Crippen LogP contribution >= 0.6 is 0 Å². The van der Waals surface area contributed by atoms with Gasteiger partial charge >= 0.3 is 5.97 Å². The first-order chi connectivity index (χ1) is 11.5. The molecule has 1 fully saturated rings. The van der Waals surface area contributed by atoms with Crippen LogP contribution in [0.1, 0.15) is 43.5 Å². The second kappa shape index (κ2) is 7.86. The molecule has 1 aromatic rings. The Bertz CT molecular complexity index is 640. The van der Waals surface area contributed by atoms with E-state index in [0.29, 0.717) is 25.0 Å². The Morgan fingerprint density at radius 2 is 1.83 bits per heavy atom. The molecule has 6 nitrogen and oxygen atoms in total. The molecular formula is C18H21NO5. The molecule has 1 aliphatic heterocycles. The molecule has 0 spiro atoms. The highest BCUT2D eigenvalue weighted by atomic mass is 16.5. The SMILES string of the molecule is CCOC(=O)CCC[C@@H]1C(=O)N(C(C)=O)[C@@H]1C(=O)c1ccccc1. The number of Topliss-reactive ketones (excluding diaryl/α,β-unsaturated/α-hetero) is 1. The lowest BCUT2D eigenvalue weighted by molar-refractivity contribution is -0.163. The van der Waals surface area contributed by atoms with Gasteiger partial charge in [-0.25, -0.2) is 0 Å².